The summed E-state index contributed by atoms with van der Waals surface area (Å²) in [5, 5.41) is 62.1. The van der Waals surface area contributed by atoms with E-state index in [2.05, 4.69) is 0 Å². The maximum Gasteiger partial charge on any atom is 0.344 e. The average molecular weight is 793 g/mol. The molecule has 6 rings (SSSR count). The molecule has 4 aromatic carbocycles. The quantitative estimate of drug-likeness (QED) is 0.0586. The van der Waals surface area contributed by atoms with Gasteiger partial charge in [-0.15, -0.1) is 0 Å². The van der Waals surface area contributed by atoms with E-state index in [0.29, 0.717) is 66.1 Å². The Bertz CT molecular complexity index is 2470. The van der Waals surface area contributed by atoms with Crippen LogP contribution in [0.4, 0.5) is 0 Å². The van der Waals surface area contributed by atoms with E-state index >= 15 is 0 Å². The van der Waals surface area contributed by atoms with Gasteiger partial charge in [0.2, 0.25) is 0 Å². The summed E-state index contributed by atoms with van der Waals surface area (Å²) < 4.78 is 22.5. The summed E-state index contributed by atoms with van der Waals surface area (Å²) in [4.78, 5) is 12.4. The van der Waals surface area contributed by atoms with E-state index in [0.717, 1.165) is 39.5 Å². The predicted octanol–water partition coefficient (Wildman–Crippen LogP) is 9.64. The van der Waals surface area contributed by atoms with Crippen molar-refractivity contribution in [1.29, 1.82) is 0 Å². The highest BCUT2D eigenvalue weighted by molar-refractivity contribution is 5.91. The fourth-order valence-electron chi connectivity index (χ4n) is 6.89. The molecule has 1 aliphatic rings. The van der Waals surface area contributed by atoms with E-state index in [4.69, 9.17) is 18.6 Å². The van der Waals surface area contributed by atoms with E-state index in [1.165, 1.54) is 25.3 Å². The van der Waals surface area contributed by atoms with Crippen molar-refractivity contribution in [3.63, 3.8) is 0 Å². The van der Waals surface area contributed by atoms with Crippen molar-refractivity contribution in [3.05, 3.63) is 122 Å². The molecule has 6 N–H and O–H groups in total. The fraction of sp³-hybridized carbons (Fsp3) is 0.298. The molecular formula is C47H52O11. The molecule has 0 radical (unpaired) electrons. The molecule has 0 spiro atoms. The topological polar surface area (TPSA) is 179 Å². The van der Waals surface area contributed by atoms with Gasteiger partial charge in [0.15, 0.2) is 0 Å². The first-order valence-corrected chi connectivity index (χ1v) is 18.9. The van der Waals surface area contributed by atoms with Crippen LogP contribution in [0, 0.1) is 0 Å². The van der Waals surface area contributed by atoms with Gasteiger partial charge in [-0.05, 0) is 91.5 Å². The molecule has 0 saturated carbocycles. The van der Waals surface area contributed by atoms with Gasteiger partial charge in [-0.25, -0.2) is 4.79 Å². The minimum Gasteiger partial charge on any atom is -0.508 e. The van der Waals surface area contributed by atoms with Crippen LogP contribution in [0.2, 0.25) is 0 Å². The van der Waals surface area contributed by atoms with Crippen LogP contribution in [0.3, 0.4) is 0 Å². The average Bonchev–Trinajstić information content (AvgIpc) is 3.15. The molecule has 11 nitrogen and oxygen atoms in total. The molecule has 0 aliphatic carbocycles. The summed E-state index contributed by atoms with van der Waals surface area (Å²) in [6.45, 7) is 12.3. The van der Waals surface area contributed by atoms with Gasteiger partial charge in [0, 0.05) is 57.5 Å². The number of ether oxygens (including phenoxy) is 3. The number of rotatable bonds is 10. The molecule has 0 saturated heterocycles. The van der Waals surface area contributed by atoms with Gasteiger partial charge in [-0.1, -0.05) is 41.0 Å². The Labute approximate surface area is 338 Å². The smallest absolute Gasteiger partial charge is 0.344 e. The van der Waals surface area contributed by atoms with E-state index < -0.39 is 5.63 Å². The first-order valence-electron chi connectivity index (χ1n) is 18.9. The third kappa shape index (κ3) is 9.37. The maximum absolute atomic E-state index is 12.4. The van der Waals surface area contributed by atoms with E-state index in [-0.39, 0.29) is 57.1 Å². The third-order valence-corrected chi connectivity index (χ3v) is 9.94. The Hall–Kier alpha value is -6.49. The van der Waals surface area contributed by atoms with Gasteiger partial charge in [0.1, 0.15) is 57.3 Å². The lowest BCUT2D eigenvalue weighted by Gasteiger charge is -2.29. The second-order valence-corrected chi connectivity index (χ2v) is 15.0. The van der Waals surface area contributed by atoms with Gasteiger partial charge >= 0.3 is 5.63 Å². The maximum atomic E-state index is 12.4. The highest BCUT2D eigenvalue weighted by Gasteiger charge is 2.30. The number of aromatic hydroxyl groups is 6. The lowest BCUT2D eigenvalue weighted by Crippen LogP contribution is -2.20. The predicted molar refractivity (Wildman–Crippen MR) is 225 cm³/mol. The molecule has 0 bridgehead atoms. The number of benzene rings is 4. The number of fused-ring (bicyclic) bond motifs is 2. The molecule has 0 fully saturated rings. The van der Waals surface area contributed by atoms with Gasteiger partial charge in [0.05, 0.1) is 31.8 Å². The summed E-state index contributed by atoms with van der Waals surface area (Å²) in [6.07, 6.45) is 8.05. The summed E-state index contributed by atoms with van der Waals surface area (Å²) in [5.74, 6) is 1.48. The zero-order chi connectivity index (χ0) is 42.4. The van der Waals surface area contributed by atoms with Crippen LogP contribution < -0.4 is 19.8 Å². The summed E-state index contributed by atoms with van der Waals surface area (Å²) >= 11 is 0. The summed E-state index contributed by atoms with van der Waals surface area (Å²) in [5.41, 5.74) is 6.65. The Kier molecular flexibility index (Phi) is 13.4. The van der Waals surface area contributed by atoms with Crippen molar-refractivity contribution in [2.24, 2.45) is 0 Å². The Morgan fingerprint density at radius 1 is 0.672 bits per heavy atom. The van der Waals surface area contributed by atoms with Crippen molar-refractivity contribution in [2.75, 3.05) is 20.8 Å². The third-order valence-electron chi connectivity index (χ3n) is 9.94. The zero-order valence-corrected chi connectivity index (χ0v) is 34.2. The highest BCUT2D eigenvalue weighted by Crippen LogP contribution is 2.47. The standard InChI is InChI=1S/C26H32O5.C21H20O6/c1-15(2)6-8-19-22(27)11-10-18(25(19)29)17-12-21-24(31-14-17)13-23(28)20(26(21)30-5)9-7-16(3)4;1-11(2)4-6-14-18(24)10-19-16(20(14)26-3)9-15(21(25)27-19)13-7-5-12(22)8-17(13)23/h6-7,10-11,13,17,27-29H,8-9,12,14H2,1-5H3;4-5,7-10,22-24H,6H2,1-3H3. The molecule has 11 heteroatoms. The van der Waals surface area contributed by atoms with Gasteiger partial charge in [-0.2, -0.15) is 0 Å². The molecule has 1 atom stereocenters. The van der Waals surface area contributed by atoms with Crippen molar-refractivity contribution >= 4 is 11.0 Å². The highest BCUT2D eigenvalue weighted by atomic mass is 16.5. The second-order valence-electron chi connectivity index (χ2n) is 15.0. The van der Waals surface area contributed by atoms with Crippen LogP contribution in [0.1, 0.15) is 75.3 Å². The molecule has 58 heavy (non-hydrogen) atoms. The lowest BCUT2D eigenvalue weighted by molar-refractivity contribution is 0.252. The summed E-state index contributed by atoms with van der Waals surface area (Å²) in [7, 11) is 3.07. The van der Waals surface area contributed by atoms with Crippen molar-refractivity contribution in [2.45, 2.75) is 73.1 Å². The monoisotopic (exact) mass is 792 g/mol. The second kappa shape index (κ2) is 18.2. The molecule has 5 aromatic rings. The Morgan fingerprint density at radius 2 is 1.26 bits per heavy atom. The normalized spacial score (nSPS) is 13.0. The minimum atomic E-state index is -0.679. The van der Waals surface area contributed by atoms with Gasteiger partial charge < -0.3 is 49.3 Å². The zero-order valence-electron chi connectivity index (χ0n) is 34.2. The minimum absolute atomic E-state index is 0.0276. The molecule has 306 valence electrons. The van der Waals surface area contributed by atoms with E-state index in [1.807, 2.05) is 59.8 Å². The molecule has 1 aromatic heterocycles. The molecule has 1 unspecified atom stereocenters. The number of allylic oxidation sites excluding steroid dienone is 6. The van der Waals surface area contributed by atoms with Gasteiger partial charge in [-0.3, -0.25) is 0 Å². The molecule has 1 aliphatic heterocycles. The van der Waals surface area contributed by atoms with Crippen molar-refractivity contribution in [3.8, 4) is 62.9 Å². The Morgan fingerprint density at radius 3 is 1.84 bits per heavy atom. The van der Waals surface area contributed by atoms with Crippen LogP contribution in [0.5, 0.6) is 51.7 Å². The van der Waals surface area contributed by atoms with Crippen LogP contribution in [0.25, 0.3) is 22.1 Å². The molecule has 2 heterocycles. The molecule has 0 amide bonds. The van der Waals surface area contributed by atoms with Crippen LogP contribution in [0.15, 0.2) is 92.7 Å². The van der Waals surface area contributed by atoms with Crippen molar-refractivity contribution in [1.82, 2.24) is 0 Å². The number of hydrogen-bond acceptors (Lipinski definition) is 11. The number of phenols is 6. The number of methoxy groups -OCH3 is 2. The number of hydrogen-bond donors (Lipinski definition) is 6. The Balaban J connectivity index is 0.000000223. The SMILES string of the molecule is COc1c(CC=C(C)C)c(O)cc2c1CC(c1ccc(O)c(CC=C(C)C)c1O)CO2.COc1c(CC=C(C)C)c(O)cc2oc(=O)c(-c3ccc(O)cc3O)cc12. The van der Waals surface area contributed by atoms with Crippen LogP contribution >= 0.6 is 0 Å². The first kappa shape index (κ1) is 42.6. The number of phenolic OH excluding ortho intramolecular Hbond substituents is 6. The van der Waals surface area contributed by atoms with E-state index in [9.17, 15) is 35.4 Å². The first-order chi connectivity index (χ1) is 27.5. The summed E-state index contributed by atoms with van der Waals surface area (Å²) in [6, 6.07) is 11.9. The lowest BCUT2D eigenvalue weighted by atomic mass is 9.86. The van der Waals surface area contributed by atoms with Crippen LogP contribution in [-0.4, -0.2) is 51.5 Å². The molecular weight excluding hydrogens is 741 g/mol. The largest absolute Gasteiger partial charge is 0.508 e. The van der Waals surface area contributed by atoms with Crippen molar-refractivity contribution < 1.29 is 49.3 Å². The van der Waals surface area contributed by atoms with E-state index in [1.54, 1.807) is 31.4 Å². The fourth-order valence-corrected chi connectivity index (χ4v) is 6.89. The van der Waals surface area contributed by atoms with Crippen LogP contribution in [-0.2, 0) is 25.7 Å². The van der Waals surface area contributed by atoms with Gasteiger partial charge in [0.25, 0.3) is 0 Å².